The van der Waals surface area contributed by atoms with Crippen molar-refractivity contribution in [3.05, 3.63) is 42.1 Å². The number of benzene rings is 1. The molecule has 0 aliphatic carbocycles. The molecule has 0 saturated carbocycles. The fraction of sp³-hybridized carbons (Fsp3) is 0.267. The molecule has 2 aromatic rings. The Balaban J connectivity index is 1.82. The molecule has 0 fully saturated rings. The van der Waals surface area contributed by atoms with Gasteiger partial charge in [0.1, 0.15) is 11.5 Å². The summed E-state index contributed by atoms with van der Waals surface area (Å²) in [5.41, 5.74) is 7.44. The van der Waals surface area contributed by atoms with Gasteiger partial charge in [-0.2, -0.15) is 0 Å². The van der Waals surface area contributed by atoms with Crippen LogP contribution in [0.25, 0.3) is 0 Å². The van der Waals surface area contributed by atoms with E-state index >= 15 is 0 Å². The van der Waals surface area contributed by atoms with Crippen LogP contribution < -0.4 is 15.2 Å². The molecular weight excluding hydrogens is 240 g/mol. The Morgan fingerprint density at radius 3 is 3.00 bits per heavy atom. The van der Waals surface area contributed by atoms with Crippen molar-refractivity contribution < 1.29 is 9.47 Å². The molecule has 1 atom stereocenters. The summed E-state index contributed by atoms with van der Waals surface area (Å²) in [7, 11) is 0. The highest BCUT2D eigenvalue weighted by Crippen LogP contribution is 2.32. The summed E-state index contributed by atoms with van der Waals surface area (Å²) < 4.78 is 11.5. The molecule has 1 unspecified atom stereocenters. The Labute approximate surface area is 112 Å². The Hall–Kier alpha value is -2.23. The summed E-state index contributed by atoms with van der Waals surface area (Å²) in [5.74, 6) is 2.16. The smallest absolute Gasteiger partial charge is 0.219 e. The summed E-state index contributed by atoms with van der Waals surface area (Å²) in [6, 6.07) is 9.42. The summed E-state index contributed by atoms with van der Waals surface area (Å²) in [4.78, 5) is 4.11. The number of rotatable bonds is 2. The van der Waals surface area contributed by atoms with E-state index in [1.807, 2.05) is 18.2 Å². The molecule has 0 amide bonds. The number of hydrogen-bond acceptors (Lipinski definition) is 4. The van der Waals surface area contributed by atoms with Crippen LogP contribution in [0.1, 0.15) is 18.9 Å². The van der Waals surface area contributed by atoms with E-state index in [0.29, 0.717) is 11.6 Å². The molecule has 0 spiro atoms. The first-order valence-corrected chi connectivity index (χ1v) is 6.40. The van der Waals surface area contributed by atoms with Gasteiger partial charge in [0.15, 0.2) is 0 Å². The molecule has 1 aromatic heterocycles. The number of hydrogen-bond donors (Lipinski definition) is 1. The predicted molar refractivity (Wildman–Crippen MR) is 73.6 cm³/mol. The van der Waals surface area contributed by atoms with E-state index in [2.05, 4.69) is 11.9 Å². The Bertz CT molecular complexity index is 581. The summed E-state index contributed by atoms with van der Waals surface area (Å²) in [6.45, 7) is 2.08. The minimum Gasteiger partial charge on any atom is -0.490 e. The van der Waals surface area contributed by atoms with Gasteiger partial charge in [-0.15, -0.1) is 0 Å². The molecule has 3 rings (SSSR count). The normalized spacial score (nSPS) is 17.4. The van der Waals surface area contributed by atoms with E-state index in [9.17, 15) is 0 Å². The lowest BCUT2D eigenvalue weighted by Crippen LogP contribution is -2.18. The molecular formula is C15H16N2O2. The number of nitrogen functional groups attached to an aromatic ring is 1. The van der Waals surface area contributed by atoms with Crippen molar-refractivity contribution in [3.63, 3.8) is 0 Å². The molecule has 1 aromatic carbocycles. The lowest BCUT2D eigenvalue weighted by atomic mass is 10.0. The Morgan fingerprint density at radius 1 is 1.32 bits per heavy atom. The van der Waals surface area contributed by atoms with Crippen molar-refractivity contribution in [3.8, 4) is 17.4 Å². The maximum Gasteiger partial charge on any atom is 0.219 e. The minimum atomic E-state index is 0.261. The van der Waals surface area contributed by atoms with Crippen LogP contribution in [-0.2, 0) is 6.42 Å². The van der Waals surface area contributed by atoms with Gasteiger partial charge >= 0.3 is 0 Å². The summed E-state index contributed by atoms with van der Waals surface area (Å²) in [6.07, 6.45) is 3.95. The van der Waals surface area contributed by atoms with Gasteiger partial charge in [-0.3, -0.25) is 0 Å². The third kappa shape index (κ3) is 2.62. The standard InChI is InChI=1S/C15H16N2O2/c1-10-2-3-11-4-6-13(8-14(11)18-10)19-15-7-5-12(16)9-17-15/h4-10H,2-3,16H2,1H3. The maximum atomic E-state index is 5.81. The minimum absolute atomic E-state index is 0.261. The fourth-order valence-corrected chi connectivity index (χ4v) is 2.12. The van der Waals surface area contributed by atoms with E-state index in [1.165, 1.54) is 5.56 Å². The molecule has 1 aliphatic rings. The zero-order chi connectivity index (χ0) is 13.2. The molecule has 0 saturated heterocycles. The lowest BCUT2D eigenvalue weighted by Gasteiger charge is -2.23. The molecule has 4 heteroatoms. The summed E-state index contributed by atoms with van der Waals surface area (Å²) in [5, 5.41) is 0. The maximum absolute atomic E-state index is 5.81. The number of aryl methyl sites for hydroxylation is 1. The van der Waals surface area contributed by atoms with Gasteiger partial charge in [0, 0.05) is 12.1 Å². The van der Waals surface area contributed by atoms with Crippen LogP contribution in [0.15, 0.2) is 36.5 Å². The van der Waals surface area contributed by atoms with E-state index in [-0.39, 0.29) is 6.10 Å². The monoisotopic (exact) mass is 256 g/mol. The highest BCUT2D eigenvalue weighted by molar-refractivity contribution is 5.44. The van der Waals surface area contributed by atoms with E-state index < -0.39 is 0 Å². The van der Waals surface area contributed by atoms with Crippen molar-refractivity contribution in [1.82, 2.24) is 4.98 Å². The number of anilines is 1. The first kappa shape index (κ1) is 11.8. The Morgan fingerprint density at radius 2 is 2.21 bits per heavy atom. The molecule has 19 heavy (non-hydrogen) atoms. The predicted octanol–water partition coefficient (Wildman–Crippen LogP) is 3.17. The number of fused-ring (bicyclic) bond motifs is 1. The van der Waals surface area contributed by atoms with Crippen molar-refractivity contribution in [2.24, 2.45) is 0 Å². The lowest BCUT2D eigenvalue weighted by molar-refractivity contribution is 0.192. The zero-order valence-electron chi connectivity index (χ0n) is 10.8. The van der Waals surface area contributed by atoms with Gasteiger partial charge in [0.25, 0.3) is 0 Å². The van der Waals surface area contributed by atoms with Crippen molar-refractivity contribution in [2.75, 3.05) is 5.73 Å². The molecule has 98 valence electrons. The molecule has 1 aliphatic heterocycles. The molecule has 2 N–H and O–H groups in total. The van der Waals surface area contributed by atoms with Crippen LogP contribution in [0.3, 0.4) is 0 Å². The highest BCUT2D eigenvalue weighted by Gasteiger charge is 2.16. The quantitative estimate of drug-likeness (QED) is 0.896. The van der Waals surface area contributed by atoms with Gasteiger partial charge in [-0.05, 0) is 37.5 Å². The number of aromatic nitrogens is 1. The van der Waals surface area contributed by atoms with Crippen LogP contribution >= 0.6 is 0 Å². The number of ether oxygens (including phenoxy) is 2. The zero-order valence-corrected chi connectivity index (χ0v) is 10.8. The third-order valence-corrected chi connectivity index (χ3v) is 3.17. The van der Waals surface area contributed by atoms with Gasteiger partial charge in [-0.1, -0.05) is 6.07 Å². The van der Waals surface area contributed by atoms with Crippen LogP contribution in [-0.4, -0.2) is 11.1 Å². The average Bonchev–Trinajstić information content (AvgIpc) is 2.41. The van der Waals surface area contributed by atoms with Crippen LogP contribution in [0, 0.1) is 0 Å². The number of nitrogens with zero attached hydrogens (tertiary/aromatic N) is 1. The molecule has 4 nitrogen and oxygen atoms in total. The van der Waals surface area contributed by atoms with Crippen LogP contribution in [0.5, 0.6) is 17.4 Å². The van der Waals surface area contributed by atoms with Gasteiger partial charge in [0.05, 0.1) is 18.0 Å². The molecule has 0 radical (unpaired) electrons. The SMILES string of the molecule is CC1CCc2ccc(Oc3ccc(N)cn3)cc2O1. The van der Waals surface area contributed by atoms with Crippen LogP contribution in [0.4, 0.5) is 5.69 Å². The largest absolute Gasteiger partial charge is 0.490 e. The number of pyridine rings is 1. The van der Waals surface area contributed by atoms with Crippen molar-refractivity contribution >= 4 is 5.69 Å². The summed E-state index contributed by atoms with van der Waals surface area (Å²) >= 11 is 0. The van der Waals surface area contributed by atoms with E-state index in [0.717, 1.165) is 24.3 Å². The Kier molecular flexibility index (Phi) is 2.99. The highest BCUT2D eigenvalue weighted by atomic mass is 16.5. The van der Waals surface area contributed by atoms with Crippen molar-refractivity contribution in [1.29, 1.82) is 0 Å². The fourth-order valence-electron chi connectivity index (χ4n) is 2.12. The van der Waals surface area contributed by atoms with E-state index in [4.69, 9.17) is 15.2 Å². The van der Waals surface area contributed by atoms with Crippen molar-refractivity contribution in [2.45, 2.75) is 25.9 Å². The third-order valence-electron chi connectivity index (χ3n) is 3.17. The first-order valence-electron chi connectivity index (χ1n) is 6.40. The second-order valence-corrected chi connectivity index (χ2v) is 4.77. The second-order valence-electron chi connectivity index (χ2n) is 4.77. The van der Waals surface area contributed by atoms with Gasteiger partial charge < -0.3 is 15.2 Å². The average molecular weight is 256 g/mol. The second kappa shape index (κ2) is 4.80. The first-order chi connectivity index (χ1) is 9.20. The van der Waals surface area contributed by atoms with Gasteiger partial charge in [0.2, 0.25) is 5.88 Å². The van der Waals surface area contributed by atoms with E-state index in [1.54, 1.807) is 18.3 Å². The van der Waals surface area contributed by atoms with Gasteiger partial charge in [-0.25, -0.2) is 4.98 Å². The topological polar surface area (TPSA) is 57.4 Å². The molecule has 2 heterocycles. The van der Waals surface area contributed by atoms with Crippen LogP contribution in [0.2, 0.25) is 0 Å². The molecule has 0 bridgehead atoms. The number of nitrogens with two attached hydrogens (primary N) is 1.